The first kappa shape index (κ1) is 101. The number of rotatable bonds is 43. The van der Waals surface area contributed by atoms with Crippen LogP contribution in [-0.4, -0.2) is 11.0 Å². The van der Waals surface area contributed by atoms with Crippen molar-refractivity contribution in [3.8, 4) is 0 Å². The zero-order valence-electron chi connectivity index (χ0n) is 69.9. The predicted octanol–water partition coefficient (Wildman–Crippen LogP) is 41.4. The fourth-order valence-electron chi connectivity index (χ4n) is 13.7. The summed E-state index contributed by atoms with van der Waals surface area (Å²) in [5.41, 5.74) is 18.6. The summed E-state index contributed by atoms with van der Waals surface area (Å²) < 4.78 is 10.4. The van der Waals surface area contributed by atoms with Gasteiger partial charge in [-0.2, -0.15) is 12.6 Å². The van der Waals surface area contributed by atoms with Crippen LogP contribution < -0.4 is 0 Å². The third-order valence-corrected chi connectivity index (χ3v) is 45.6. The quantitative estimate of drug-likeness (QED) is 0.0219. The highest BCUT2D eigenvalue weighted by Crippen LogP contribution is 2.55. The lowest BCUT2D eigenvalue weighted by Gasteiger charge is -2.26. The zero-order chi connectivity index (χ0) is 89.2. The summed E-state index contributed by atoms with van der Waals surface area (Å²) in [6, 6.07) is 119. The van der Waals surface area contributed by atoms with Crippen molar-refractivity contribution < 1.29 is 0 Å². The van der Waals surface area contributed by atoms with E-state index < -0.39 is 0 Å². The molecule has 13 aromatic carbocycles. The van der Waals surface area contributed by atoms with E-state index in [0.29, 0.717) is 16.9 Å². The Labute approximate surface area is 895 Å². The van der Waals surface area contributed by atoms with E-state index in [2.05, 4.69) is 504 Å². The van der Waals surface area contributed by atoms with E-state index in [-0.39, 0.29) is 32.1 Å². The first-order chi connectivity index (χ1) is 62.9. The van der Waals surface area contributed by atoms with Gasteiger partial charge in [0.25, 0.3) is 0 Å². The molecule has 0 aromatic heterocycles. The molecule has 23 heteroatoms. The lowest BCUT2D eigenvalue weighted by Crippen LogP contribution is -2.13. The number of thioether (sulfide) groups is 14. The Morgan fingerprint density at radius 2 is 0.543 bits per heavy atom. The molecule has 660 valence electrons. The number of benzene rings is 13. The van der Waals surface area contributed by atoms with Gasteiger partial charge in [0.15, 0.2) is 0 Å². The van der Waals surface area contributed by atoms with Crippen LogP contribution >= 0.6 is 305 Å². The average molecular weight is 2480 g/mol. The monoisotopic (exact) mass is 2470 g/mol. The van der Waals surface area contributed by atoms with Gasteiger partial charge in [0.05, 0.1) is 32.1 Å². The second-order valence-corrected chi connectivity index (χ2v) is 56.6. The number of aryl methyl sites for hydroxylation is 1. The van der Waals surface area contributed by atoms with Crippen LogP contribution in [0.5, 0.6) is 0 Å². The standard InChI is InChI=1S/C106H90Br8S15/c1-69-62-91(114)44-59-99(69)129-106(128-98-57-42-90(113)43-58-98)83-28-14-74(15-29-83)64-117-100(116-61-60-70-2-16-80(17-3-70)103(122-92-45-30-84(107)31-46-92)123-93-47-32-85(108)33-48-93)77-20-6-72(7-21-77)65-118-101(78-18-4-71(63-115)5-19-78)119-66-73-8-22-79(23-9-73)102(120-67-75-10-24-81(25-11-75)104(124-94-49-34-86(109)35-50-94)125-95-51-36-87(110)37-52-95)121-68-76-12-26-82(27-13-76)105(126-96-53-38-88(111)39-54-96)127-97-55-40-89(112)41-56-97/h2-40,42-55,57-59,62,69,99-106,115H,41,56,60-61,63-68H2,1H3. The molecule has 0 heterocycles. The number of allylic oxidation sites excluding steroid dienone is 7. The maximum atomic E-state index is 4.69. The molecule has 7 unspecified atom stereocenters. The van der Waals surface area contributed by atoms with Gasteiger partial charge in [-0.05, 0) is 264 Å². The molecule has 0 N–H and O–H groups in total. The molecule has 0 amide bonds. The SMILES string of the molecule is CC1C=C(Br)C=CC1SC(Sc1ccc(Br)cc1)c1ccc(CSC(SCCc2ccc(C(Sc3ccc(Br)cc3)Sc3ccc(Br)cc3)cc2)c2ccc(CSC(SCc3ccc(C(SCc4ccc(C(SC5=CC=C(Br)CC5)Sc5ccc(Br)cc5)cc4)SCc4ccc(C(Sc5ccc(Br)cc5)Sc5ccc(Br)cc5)cc4)cc3)c3ccc(CS)cc3)cc2)cc1. The minimum absolute atomic E-state index is 0.168. The van der Waals surface area contributed by atoms with Gasteiger partial charge in [-0.3, -0.25) is 0 Å². The van der Waals surface area contributed by atoms with E-state index in [1.165, 1.54) is 117 Å². The number of thiol groups is 1. The maximum Gasteiger partial charge on any atom is 0.0845 e. The Bertz CT molecular complexity index is 5730. The normalized spacial score (nSPS) is 15.1. The van der Waals surface area contributed by atoms with Gasteiger partial charge in [-0.15, -0.1) is 165 Å². The summed E-state index contributed by atoms with van der Waals surface area (Å²) in [5.74, 6) is 6.59. The van der Waals surface area contributed by atoms with Gasteiger partial charge in [-0.1, -0.05) is 335 Å². The molecule has 0 fully saturated rings. The van der Waals surface area contributed by atoms with Crippen LogP contribution in [-0.2, 0) is 40.9 Å². The molecule has 2 aliphatic carbocycles. The molecule has 0 nitrogen and oxygen atoms in total. The average Bonchev–Trinajstić information content (AvgIpc) is 1.14. The molecule has 7 atom stereocenters. The molecular weight excluding hydrogens is 2390 g/mol. The highest BCUT2D eigenvalue weighted by atomic mass is 79.9. The van der Waals surface area contributed by atoms with E-state index >= 15 is 0 Å². The van der Waals surface area contributed by atoms with Gasteiger partial charge in [0.1, 0.15) is 0 Å². The molecule has 13 aromatic rings. The highest BCUT2D eigenvalue weighted by molar-refractivity contribution is 9.12. The fraction of sp³-hybridized carbons (Fsp3) is 0.189. The Morgan fingerprint density at radius 3 is 0.829 bits per heavy atom. The minimum Gasteiger partial charge on any atom is -0.175 e. The van der Waals surface area contributed by atoms with Gasteiger partial charge in [-0.25, -0.2) is 0 Å². The van der Waals surface area contributed by atoms with Crippen LogP contribution in [0, 0.1) is 5.92 Å². The summed E-state index contributed by atoms with van der Waals surface area (Å²) in [6.07, 6.45) is 14.5. The van der Waals surface area contributed by atoms with Crippen LogP contribution in [0.1, 0.15) is 130 Å². The van der Waals surface area contributed by atoms with Crippen molar-refractivity contribution in [1.82, 2.24) is 0 Å². The molecule has 0 aliphatic heterocycles. The number of hydrogen-bond acceptors (Lipinski definition) is 15. The maximum absolute atomic E-state index is 4.69. The molecule has 0 saturated carbocycles. The summed E-state index contributed by atoms with van der Waals surface area (Å²) in [7, 11) is 0. The topological polar surface area (TPSA) is 0 Å². The smallest absolute Gasteiger partial charge is 0.0845 e. The third kappa shape index (κ3) is 32.5. The third-order valence-electron chi connectivity index (χ3n) is 20.9. The largest absolute Gasteiger partial charge is 0.175 e. The highest BCUT2D eigenvalue weighted by Gasteiger charge is 2.27. The molecule has 129 heavy (non-hydrogen) atoms. The van der Waals surface area contributed by atoms with Crippen molar-refractivity contribution in [2.45, 2.75) is 127 Å². The summed E-state index contributed by atoms with van der Waals surface area (Å²) in [4.78, 5) is 8.92. The minimum atomic E-state index is 0.168. The van der Waals surface area contributed by atoms with E-state index in [1.807, 2.05) is 141 Å². The molecule has 2 aliphatic rings. The van der Waals surface area contributed by atoms with Gasteiger partial charge >= 0.3 is 0 Å². The van der Waals surface area contributed by atoms with Crippen molar-refractivity contribution in [2.24, 2.45) is 5.92 Å². The first-order valence-electron chi connectivity index (χ1n) is 41.8. The predicted molar refractivity (Wildman–Crippen MR) is 618 cm³/mol. The fourth-order valence-corrected chi connectivity index (χ4v) is 34.8. The van der Waals surface area contributed by atoms with Crippen LogP contribution in [0.2, 0.25) is 0 Å². The molecule has 0 saturated heterocycles. The molecule has 0 bridgehead atoms. The van der Waals surface area contributed by atoms with Crippen molar-refractivity contribution >= 4 is 305 Å². The van der Waals surface area contributed by atoms with Crippen LogP contribution in [0.3, 0.4) is 0 Å². The second kappa shape index (κ2) is 52.8. The lowest BCUT2D eigenvalue weighted by molar-refractivity contribution is 0.750. The van der Waals surface area contributed by atoms with Crippen molar-refractivity contribution in [3.05, 3.63) is 464 Å². The Kier molecular flexibility index (Phi) is 41.5. The molecule has 0 spiro atoms. The van der Waals surface area contributed by atoms with E-state index in [4.69, 9.17) is 12.6 Å². The van der Waals surface area contributed by atoms with E-state index in [0.717, 1.165) is 85.1 Å². The Hall–Kier alpha value is -2.09. The summed E-state index contributed by atoms with van der Waals surface area (Å²) in [5, 5.41) is 0.368. The van der Waals surface area contributed by atoms with Crippen molar-refractivity contribution in [3.63, 3.8) is 0 Å². The second-order valence-electron chi connectivity index (χ2n) is 30.5. The molecular formula is C106H90Br8S15. The Balaban J connectivity index is 0.641. The lowest BCUT2D eigenvalue weighted by atomic mass is 10.0. The van der Waals surface area contributed by atoms with Crippen LogP contribution in [0.25, 0.3) is 0 Å². The Morgan fingerprint density at radius 1 is 0.279 bits per heavy atom. The number of hydrogen-bond donors (Lipinski definition) is 1. The number of halogens is 8. The van der Waals surface area contributed by atoms with E-state index in [1.54, 1.807) is 0 Å². The van der Waals surface area contributed by atoms with E-state index in [9.17, 15) is 0 Å². The first-order valence-corrected chi connectivity index (χ1v) is 62.2. The van der Waals surface area contributed by atoms with Crippen molar-refractivity contribution in [1.29, 1.82) is 0 Å². The molecule has 0 radical (unpaired) electrons. The summed E-state index contributed by atoms with van der Waals surface area (Å²) >= 11 is 61.9. The van der Waals surface area contributed by atoms with Gasteiger partial charge in [0.2, 0.25) is 0 Å². The van der Waals surface area contributed by atoms with Gasteiger partial charge < -0.3 is 0 Å². The summed E-state index contributed by atoms with van der Waals surface area (Å²) in [6.45, 7) is 2.33. The zero-order valence-corrected chi connectivity index (χ0v) is 94.9. The van der Waals surface area contributed by atoms with Crippen LogP contribution in [0.15, 0.2) is 416 Å². The van der Waals surface area contributed by atoms with Crippen molar-refractivity contribution in [2.75, 3.05) is 5.75 Å². The molecule has 15 rings (SSSR count). The van der Waals surface area contributed by atoms with Gasteiger partial charge in [0, 0.05) is 100 Å². The van der Waals surface area contributed by atoms with Crippen LogP contribution in [0.4, 0.5) is 0 Å².